The third-order valence-corrected chi connectivity index (χ3v) is 18.2. The first kappa shape index (κ1) is 81.4. The lowest BCUT2D eigenvalue weighted by molar-refractivity contribution is -0.305. The minimum absolute atomic E-state index is 0.132. The monoisotopic (exact) mass is 1210 g/mol. The van der Waals surface area contributed by atoms with Gasteiger partial charge < -0.3 is 45.1 Å². The molecule has 1 rings (SSSR count). The molecule has 504 valence electrons. The lowest BCUT2D eigenvalue weighted by Gasteiger charge is -2.41. The van der Waals surface area contributed by atoms with Gasteiger partial charge in [0.15, 0.2) is 12.4 Å². The predicted molar refractivity (Wildman–Crippen MR) is 357 cm³/mol. The molecule has 8 unspecified atom stereocenters. The van der Waals surface area contributed by atoms with E-state index in [1.165, 1.54) is 283 Å². The predicted octanol–water partition coefficient (Wildman–Crippen LogP) is 19.4. The molecule has 1 fully saturated rings. The SMILES string of the molecule is CCCCCCCCCCCCC/C=C/C(O)C(COC1OC(CO)C(O)C(O)C1OC(=O)CCCCCCCCCCCCCCCCCCC)NC(=O)C(O)CCCCCCCCCCCCCCCCCCCCCCCCCCCC. The van der Waals surface area contributed by atoms with Crippen LogP contribution in [0.15, 0.2) is 12.2 Å². The molecule has 1 heterocycles. The molecule has 0 bridgehead atoms. The van der Waals surface area contributed by atoms with Crippen molar-refractivity contribution >= 4 is 11.9 Å². The van der Waals surface area contributed by atoms with Crippen LogP contribution in [0.2, 0.25) is 0 Å². The van der Waals surface area contributed by atoms with E-state index in [4.69, 9.17) is 14.2 Å². The molecule has 0 aromatic rings. The van der Waals surface area contributed by atoms with E-state index in [1.54, 1.807) is 6.08 Å². The van der Waals surface area contributed by atoms with E-state index >= 15 is 0 Å². The lowest BCUT2D eigenvalue weighted by atomic mass is 9.99. The van der Waals surface area contributed by atoms with Gasteiger partial charge in [-0.1, -0.05) is 367 Å². The Hall–Kier alpha value is -1.60. The number of carbonyl (C=O) groups excluding carboxylic acids is 2. The van der Waals surface area contributed by atoms with Crippen molar-refractivity contribution < 1.29 is 49.3 Å². The van der Waals surface area contributed by atoms with E-state index in [-0.39, 0.29) is 13.0 Å². The highest BCUT2D eigenvalue weighted by Gasteiger charge is 2.47. The molecule has 11 heteroatoms. The number of aliphatic hydroxyl groups excluding tert-OH is 5. The number of rotatable bonds is 66. The van der Waals surface area contributed by atoms with Crippen molar-refractivity contribution in [1.29, 1.82) is 0 Å². The van der Waals surface area contributed by atoms with Gasteiger partial charge in [-0.05, 0) is 25.7 Å². The van der Waals surface area contributed by atoms with Crippen LogP contribution in [0.5, 0.6) is 0 Å². The van der Waals surface area contributed by atoms with E-state index in [9.17, 15) is 35.1 Å². The number of ether oxygens (including phenoxy) is 3. The third-order valence-electron chi connectivity index (χ3n) is 18.2. The van der Waals surface area contributed by atoms with Crippen LogP contribution in [0.3, 0.4) is 0 Å². The van der Waals surface area contributed by atoms with Crippen LogP contribution in [0.4, 0.5) is 0 Å². The highest BCUT2D eigenvalue weighted by molar-refractivity contribution is 5.80. The number of unbranched alkanes of at least 4 members (excludes halogenated alkanes) is 52. The second kappa shape index (κ2) is 62.6. The van der Waals surface area contributed by atoms with Crippen molar-refractivity contribution in [1.82, 2.24) is 5.32 Å². The molecule has 1 aliphatic rings. The van der Waals surface area contributed by atoms with Crippen LogP contribution in [-0.2, 0) is 23.8 Å². The molecule has 0 aromatic carbocycles. The van der Waals surface area contributed by atoms with Crippen LogP contribution in [0.25, 0.3) is 0 Å². The minimum atomic E-state index is -1.61. The number of hydrogen-bond acceptors (Lipinski definition) is 10. The number of nitrogens with one attached hydrogen (secondary N) is 1. The first-order valence-electron chi connectivity index (χ1n) is 37.5. The summed E-state index contributed by atoms with van der Waals surface area (Å²) in [6.45, 7) is 5.87. The highest BCUT2D eigenvalue weighted by Crippen LogP contribution is 2.27. The number of esters is 1. The fraction of sp³-hybridized carbons (Fsp3) is 0.946. The van der Waals surface area contributed by atoms with Crippen molar-refractivity contribution in [3.05, 3.63) is 12.2 Å². The molecular formula is C74H143NO10. The normalized spacial score (nSPS) is 18.3. The summed E-state index contributed by atoms with van der Waals surface area (Å²) in [5.41, 5.74) is 0. The summed E-state index contributed by atoms with van der Waals surface area (Å²) in [5.74, 6) is -1.17. The molecule has 8 atom stereocenters. The second-order valence-electron chi connectivity index (χ2n) is 26.4. The maximum atomic E-state index is 13.5. The van der Waals surface area contributed by atoms with Crippen molar-refractivity contribution in [2.75, 3.05) is 13.2 Å². The Morgan fingerprint density at radius 3 is 1.11 bits per heavy atom. The summed E-state index contributed by atoms with van der Waals surface area (Å²) in [4.78, 5) is 26.7. The van der Waals surface area contributed by atoms with E-state index in [2.05, 4.69) is 26.1 Å². The van der Waals surface area contributed by atoms with Gasteiger partial charge in [-0.2, -0.15) is 0 Å². The minimum Gasteiger partial charge on any atom is -0.454 e. The van der Waals surface area contributed by atoms with Gasteiger partial charge in [-0.25, -0.2) is 0 Å². The van der Waals surface area contributed by atoms with Crippen LogP contribution >= 0.6 is 0 Å². The van der Waals surface area contributed by atoms with Gasteiger partial charge in [-0.3, -0.25) is 9.59 Å². The molecule has 1 amide bonds. The largest absolute Gasteiger partial charge is 0.454 e. The van der Waals surface area contributed by atoms with Gasteiger partial charge in [-0.15, -0.1) is 0 Å². The molecule has 0 aliphatic carbocycles. The molecule has 0 radical (unpaired) electrons. The standard InChI is InChI=1S/C74H143NO10/c1-4-7-10-13-16-19-22-25-27-29-30-31-32-33-34-35-36-37-39-40-43-46-49-52-55-58-61-67(78)73(82)75-65(66(77)60-57-54-51-48-45-42-24-21-18-15-12-9-6-3)64-83-74-72(71(81)70(80)68(63-76)84-74)85-69(79)62-59-56-53-50-47-44-41-38-28-26-23-20-17-14-11-8-5-2/h57,60,65-68,70-72,74,76-78,80-81H,4-56,58-59,61-64H2,1-3H3,(H,75,82)/b60-57+. The zero-order valence-electron chi connectivity index (χ0n) is 56.3. The number of amides is 1. The van der Waals surface area contributed by atoms with Gasteiger partial charge in [0.2, 0.25) is 5.91 Å². The molecular weight excluding hydrogens is 1060 g/mol. The fourth-order valence-electron chi connectivity index (χ4n) is 12.3. The molecule has 0 aromatic heterocycles. The molecule has 6 N–H and O–H groups in total. The highest BCUT2D eigenvalue weighted by atomic mass is 16.7. The van der Waals surface area contributed by atoms with Crippen molar-refractivity contribution in [2.24, 2.45) is 0 Å². The van der Waals surface area contributed by atoms with Crippen molar-refractivity contribution in [3.63, 3.8) is 0 Å². The second-order valence-corrected chi connectivity index (χ2v) is 26.4. The molecule has 85 heavy (non-hydrogen) atoms. The Labute approximate surface area is 525 Å². The van der Waals surface area contributed by atoms with Gasteiger partial charge in [0.05, 0.1) is 25.4 Å². The van der Waals surface area contributed by atoms with E-state index < -0.39 is 67.4 Å². The molecule has 1 aliphatic heterocycles. The average molecular weight is 1210 g/mol. The van der Waals surface area contributed by atoms with Gasteiger partial charge >= 0.3 is 5.97 Å². The number of aliphatic hydroxyl groups is 5. The van der Waals surface area contributed by atoms with E-state index in [0.717, 1.165) is 57.8 Å². The van der Waals surface area contributed by atoms with Crippen LogP contribution in [0, 0.1) is 0 Å². The number of allylic oxidation sites excluding steroid dienone is 1. The zero-order chi connectivity index (χ0) is 61.7. The van der Waals surface area contributed by atoms with Gasteiger partial charge in [0, 0.05) is 6.42 Å². The van der Waals surface area contributed by atoms with E-state index in [1.807, 2.05) is 6.08 Å². The summed E-state index contributed by atoms with van der Waals surface area (Å²) >= 11 is 0. The topological polar surface area (TPSA) is 175 Å². The molecule has 11 nitrogen and oxygen atoms in total. The maximum absolute atomic E-state index is 13.5. The van der Waals surface area contributed by atoms with Crippen molar-refractivity contribution in [3.8, 4) is 0 Å². The molecule has 1 saturated heterocycles. The van der Waals surface area contributed by atoms with Crippen molar-refractivity contribution in [2.45, 2.75) is 436 Å². The summed E-state index contributed by atoms with van der Waals surface area (Å²) in [7, 11) is 0. The average Bonchev–Trinajstić information content (AvgIpc) is 2.91. The lowest BCUT2D eigenvalue weighted by Crippen LogP contribution is -2.61. The Balaban J connectivity index is 2.53. The van der Waals surface area contributed by atoms with Crippen LogP contribution in [-0.4, -0.2) is 99.6 Å². The summed E-state index contributed by atoms with van der Waals surface area (Å²) in [5, 5.41) is 57.3. The van der Waals surface area contributed by atoms with Crippen LogP contribution < -0.4 is 5.32 Å². The first-order chi connectivity index (χ1) is 41.7. The summed E-state index contributed by atoms with van der Waals surface area (Å²) in [6.07, 6.45) is 64.1. The fourth-order valence-corrected chi connectivity index (χ4v) is 12.3. The Kier molecular flexibility index (Phi) is 59.9. The van der Waals surface area contributed by atoms with Gasteiger partial charge in [0.1, 0.15) is 24.4 Å². The number of carbonyl (C=O) groups is 2. The Bertz CT molecular complexity index is 1430. The first-order valence-corrected chi connectivity index (χ1v) is 37.5. The van der Waals surface area contributed by atoms with Gasteiger partial charge in [0.25, 0.3) is 0 Å². The third kappa shape index (κ3) is 49.8. The maximum Gasteiger partial charge on any atom is 0.306 e. The Morgan fingerprint density at radius 1 is 0.447 bits per heavy atom. The smallest absolute Gasteiger partial charge is 0.306 e. The van der Waals surface area contributed by atoms with E-state index in [0.29, 0.717) is 19.3 Å². The quantitative estimate of drug-likeness (QED) is 0.0195. The summed E-state index contributed by atoms with van der Waals surface area (Å²) < 4.78 is 17.7. The Morgan fingerprint density at radius 2 is 0.765 bits per heavy atom. The molecule has 0 spiro atoms. The zero-order valence-corrected chi connectivity index (χ0v) is 56.3. The van der Waals surface area contributed by atoms with Crippen LogP contribution in [0.1, 0.15) is 387 Å². The molecule has 0 saturated carbocycles. The summed E-state index contributed by atoms with van der Waals surface area (Å²) in [6, 6.07) is -1.02. The number of hydrogen-bond donors (Lipinski definition) is 6.